The number of aromatic nitrogens is 2. The van der Waals surface area contributed by atoms with Crippen LogP contribution in [0.4, 0.5) is 5.95 Å². The molecule has 0 saturated heterocycles. The molecule has 0 amide bonds. The lowest BCUT2D eigenvalue weighted by molar-refractivity contribution is 0.310. The smallest absolute Gasteiger partial charge is 0.224 e. The van der Waals surface area contributed by atoms with Gasteiger partial charge in [0, 0.05) is 56.2 Å². The average molecular weight is 456 g/mol. The molecule has 0 bridgehead atoms. The Morgan fingerprint density at radius 2 is 1.63 bits per heavy atom. The third kappa shape index (κ3) is 6.98. The molecule has 1 aromatic carbocycles. The van der Waals surface area contributed by atoms with Crippen molar-refractivity contribution in [3.8, 4) is 16.9 Å². The third-order valence-corrected chi connectivity index (χ3v) is 5.45. The first kappa shape index (κ1) is 26.4. The SMILES string of the molecule is CCOc1ccc(-c2cnc(N(C)C)nc2)cc1CNC1CCC(NC)CC1.Cl.Cl. The molecule has 168 valence electrons. The number of hydrogen-bond donors (Lipinski definition) is 2. The zero-order valence-corrected chi connectivity index (χ0v) is 20.0. The normalized spacial score (nSPS) is 18.1. The lowest BCUT2D eigenvalue weighted by Crippen LogP contribution is -2.38. The van der Waals surface area contributed by atoms with E-state index in [0.29, 0.717) is 24.6 Å². The third-order valence-electron chi connectivity index (χ3n) is 5.45. The number of nitrogens with zero attached hydrogens (tertiary/aromatic N) is 3. The van der Waals surface area contributed by atoms with Crippen LogP contribution in [0.15, 0.2) is 30.6 Å². The van der Waals surface area contributed by atoms with Crippen LogP contribution in [-0.4, -0.2) is 49.8 Å². The summed E-state index contributed by atoms with van der Waals surface area (Å²) in [5.74, 6) is 1.67. The second kappa shape index (κ2) is 13.0. The van der Waals surface area contributed by atoms with Crippen molar-refractivity contribution in [2.45, 2.75) is 51.2 Å². The Kier molecular flexibility index (Phi) is 11.4. The van der Waals surface area contributed by atoms with Crippen LogP contribution in [-0.2, 0) is 6.54 Å². The summed E-state index contributed by atoms with van der Waals surface area (Å²) in [7, 11) is 5.95. The maximum atomic E-state index is 5.86. The molecule has 1 aromatic heterocycles. The highest BCUT2D eigenvalue weighted by molar-refractivity contribution is 5.85. The molecule has 2 N–H and O–H groups in total. The monoisotopic (exact) mass is 455 g/mol. The summed E-state index contributed by atoms with van der Waals surface area (Å²) in [6, 6.07) is 7.59. The van der Waals surface area contributed by atoms with Crippen molar-refractivity contribution in [1.82, 2.24) is 20.6 Å². The van der Waals surface area contributed by atoms with Crippen molar-refractivity contribution < 1.29 is 4.74 Å². The van der Waals surface area contributed by atoms with Crippen molar-refractivity contribution in [3.63, 3.8) is 0 Å². The summed E-state index contributed by atoms with van der Waals surface area (Å²) in [6.45, 7) is 3.51. The van der Waals surface area contributed by atoms with Gasteiger partial charge in [-0.25, -0.2) is 9.97 Å². The summed E-state index contributed by atoms with van der Waals surface area (Å²) >= 11 is 0. The van der Waals surface area contributed by atoms with Gasteiger partial charge >= 0.3 is 0 Å². The molecule has 1 saturated carbocycles. The van der Waals surface area contributed by atoms with Crippen LogP contribution in [0.1, 0.15) is 38.2 Å². The zero-order chi connectivity index (χ0) is 19.9. The lowest BCUT2D eigenvalue weighted by Gasteiger charge is -2.29. The summed E-state index contributed by atoms with van der Waals surface area (Å²) in [5, 5.41) is 7.14. The Labute approximate surface area is 193 Å². The fraction of sp³-hybridized carbons (Fsp3) is 0.545. The molecule has 1 aliphatic rings. The van der Waals surface area contributed by atoms with Crippen molar-refractivity contribution in [2.24, 2.45) is 0 Å². The van der Waals surface area contributed by atoms with E-state index in [1.54, 1.807) is 0 Å². The van der Waals surface area contributed by atoms with Crippen LogP contribution in [0.5, 0.6) is 5.75 Å². The maximum absolute atomic E-state index is 5.86. The summed E-state index contributed by atoms with van der Waals surface area (Å²) in [6.07, 6.45) is 8.68. The topological polar surface area (TPSA) is 62.3 Å². The van der Waals surface area contributed by atoms with Crippen LogP contribution in [0, 0.1) is 0 Å². The van der Waals surface area contributed by atoms with Gasteiger partial charge in [0.1, 0.15) is 5.75 Å². The molecule has 8 heteroatoms. The van der Waals surface area contributed by atoms with Gasteiger partial charge in [-0.2, -0.15) is 0 Å². The molecule has 6 nitrogen and oxygen atoms in total. The number of ether oxygens (including phenoxy) is 1. The van der Waals surface area contributed by atoms with E-state index in [4.69, 9.17) is 4.74 Å². The van der Waals surface area contributed by atoms with Crippen LogP contribution in [0.3, 0.4) is 0 Å². The van der Waals surface area contributed by atoms with E-state index >= 15 is 0 Å². The van der Waals surface area contributed by atoms with Gasteiger partial charge in [-0.1, -0.05) is 6.07 Å². The predicted molar refractivity (Wildman–Crippen MR) is 129 cm³/mol. The fourth-order valence-corrected chi connectivity index (χ4v) is 3.74. The molecule has 30 heavy (non-hydrogen) atoms. The number of anilines is 1. The summed E-state index contributed by atoms with van der Waals surface area (Å²) < 4.78 is 5.86. The number of rotatable bonds is 8. The summed E-state index contributed by atoms with van der Waals surface area (Å²) in [4.78, 5) is 10.8. The Balaban J connectivity index is 0.00000225. The first-order valence-electron chi connectivity index (χ1n) is 10.3. The highest BCUT2D eigenvalue weighted by atomic mass is 35.5. The Hall–Kier alpha value is -1.60. The molecule has 0 unspecified atom stereocenters. The average Bonchev–Trinajstić information content (AvgIpc) is 2.73. The Bertz CT molecular complexity index is 750. The van der Waals surface area contributed by atoms with E-state index in [1.165, 1.54) is 31.2 Å². The van der Waals surface area contributed by atoms with E-state index in [0.717, 1.165) is 23.4 Å². The molecule has 1 heterocycles. The molecule has 3 rings (SSSR count). The van der Waals surface area contributed by atoms with Crippen molar-refractivity contribution in [3.05, 3.63) is 36.2 Å². The summed E-state index contributed by atoms with van der Waals surface area (Å²) in [5.41, 5.74) is 3.32. The number of nitrogens with one attached hydrogen (secondary N) is 2. The molecule has 0 aliphatic heterocycles. The van der Waals surface area contributed by atoms with Crippen LogP contribution < -0.4 is 20.3 Å². The highest BCUT2D eigenvalue weighted by Gasteiger charge is 2.20. The van der Waals surface area contributed by atoms with Gasteiger partial charge < -0.3 is 20.3 Å². The number of halogens is 2. The van der Waals surface area contributed by atoms with E-state index in [9.17, 15) is 0 Å². The van der Waals surface area contributed by atoms with Crippen LogP contribution in [0.2, 0.25) is 0 Å². The van der Waals surface area contributed by atoms with Crippen LogP contribution in [0.25, 0.3) is 11.1 Å². The van der Waals surface area contributed by atoms with Gasteiger partial charge in [0.25, 0.3) is 0 Å². The van der Waals surface area contributed by atoms with Gasteiger partial charge in [0.15, 0.2) is 0 Å². The van der Waals surface area contributed by atoms with E-state index < -0.39 is 0 Å². The zero-order valence-electron chi connectivity index (χ0n) is 18.4. The van der Waals surface area contributed by atoms with Gasteiger partial charge in [-0.05, 0) is 57.4 Å². The second-order valence-corrected chi connectivity index (χ2v) is 7.64. The molecule has 1 aliphatic carbocycles. The minimum Gasteiger partial charge on any atom is -0.494 e. The van der Waals surface area contributed by atoms with Crippen molar-refractivity contribution in [2.75, 3.05) is 32.6 Å². The lowest BCUT2D eigenvalue weighted by atomic mass is 9.91. The molecular weight excluding hydrogens is 421 g/mol. The maximum Gasteiger partial charge on any atom is 0.224 e. The first-order chi connectivity index (χ1) is 13.6. The highest BCUT2D eigenvalue weighted by Crippen LogP contribution is 2.27. The van der Waals surface area contributed by atoms with Gasteiger partial charge in [0.05, 0.1) is 6.61 Å². The molecular formula is C22H35Cl2N5O. The fourth-order valence-electron chi connectivity index (χ4n) is 3.74. The van der Waals surface area contributed by atoms with Crippen LogP contribution >= 0.6 is 24.8 Å². The van der Waals surface area contributed by atoms with Gasteiger partial charge in [-0.15, -0.1) is 24.8 Å². The predicted octanol–water partition coefficient (Wildman–Crippen LogP) is 4.07. The molecule has 0 spiro atoms. The Morgan fingerprint density at radius 3 is 2.20 bits per heavy atom. The molecule has 0 radical (unpaired) electrons. The van der Waals surface area contributed by atoms with E-state index in [2.05, 4.69) is 45.8 Å². The van der Waals surface area contributed by atoms with E-state index in [-0.39, 0.29) is 24.8 Å². The largest absolute Gasteiger partial charge is 0.494 e. The quantitative estimate of drug-likeness (QED) is 0.625. The first-order valence-corrected chi connectivity index (χ1v) is 10.3. The molecule has 1 fully saturated rings. The number of hydrogen-bond acceptors (Lipinski definition) is 6. The van der Waals surface area contributed by atoms with Gasteiger partial charge in [-0.3, -0.25) is 0 Å². The molecule has 0 atom stereocenters. The van der Waals surface area contributed by atoms with E-state index in [1.807, 2.05) is 38.3 Å². The van der Waals surface area contributed by atoms with Gasteiger partial charge in [0.2, 0.25) is 5.95 Å². The number of benzene rings is 1. The molecule has 2 aromatic rings. The minimum atomic E-state index is 0. The van der Waals surface area contributed by atoms with Crippen molar-refractivity contribution in [1.29, 1.82) is 0 Å². The second-order valence-electron chi connectivity index (χ2n) is 7.64. The Morgan fingerprint density at radius 1 is 1.00 bits per heavy atom. The minimum absolute atomic E-state index is 0. The van der Waals surface area contributed by atoms with Crippen molar-refractivity contribution >= 4 is 30.8 Å². The standard InChI is InChI=1S/C22H33N5O.2ClH/c1-5-28-21-11-6-16(18-14-25-22(26-15-18)27(3)4)12-17(21)13-24-20-9-7-19(23-2)8-10-20;;/h6,11-12,14-15,19-20,23-24H,5,7-10,13H2,1-4H3;2*1H.